The van der Waals surface area contributed by atoms with Gasteiger partial charge in [-0.15, -0.1) is 0 Å². The molecule has 0 aliphatic carbocycles. The molecule has 3 heteroatoms. The Labute approximate surface area is 186 Å². The molecule has 1 atom stereocenters. The fraction of sp³-hybridized carbons (Fsp3) is 0.741. The molecule has 0 saturated carbocycles. The highest BCUT2D eigenvalue weighted by Gasteiger charge is 2.18. The van der Waals surface area contributed by atoms with Gasteiger partial charge in [0.25, 0.3) is 0 Å². The molecule has 1 unspecified atom stereocenters. The fourth-order valence-electron chi connectivity index (χ4n) is 4.00. The van der Waals surface area contributed by atoms with Gasteiger partial charge in [0.15, 0.2) is 0 Å². The molecule has 0 bridgehead atoms. The number of carbonyl (C=O) groups is 1. The predicted molar refractivity (Wildman–Crippen MR) is 129 cm³/mol. The van der Waals surface area contributed by atoms with Gasteiger partial charge in [0.05, 0.1) is 6.61 Å². The molecule has 0 radical (unpaired) electrons. The molecule has 0 spiro atoms. The summed E-state index contributed by atoms with van der Waals surface area (Å²) in [4.78, 5) is 12.4. The van der Waals surface area contributed by atoms with E-state index in [-0.39, 0.29) is 5.97 Å². The van der Waals surface area contributed by atoms with E-state index in [0.29, 0.717) is 18.9 Å². The van der Waals surface area contributed by atoms with Crippen molar-refractivity contribution in [3.8, 4) is 0 Å². The van der Waals surface area contributed by atoms with Gasteiger partial charge in [0.1, 0.15) is 6.04 Å². The van der Waals surface area contributed by atoms with Crippen LogP contribution in [-0.2, 0) is 16.0 Å². The van der Waals surface area contributed by atoms with E-state index in [9.17, 15) is 4.79 Å². The van der Waals surface area contributed by atoms with Gasteiger partial charge in [0, 0.05) is 0 Å². The van der Waals surface area contributed by atoms with Crippen molar-refractivity contribution in [3.05, 3.63) is 35.9 Å². The lowest BCUT2D eigenvalue weighted by molar-refractivity contribution is -0.146. The van der Waals surface area contributed by atoms with Crippen LogP contribution in [-0.4, -0.2) is 18.6 Å². The molecule has 0 aliphatic heterocycles. The third-order valence-electron chi connectivity index (χ3n) is 5.99. The number of ether oxygens (including phenoxy) is 1. The molecule has 0 heterocycles. The summed E-state index contributed by atoms with van der Waals surface area (Å²) in [5.74, 6) is 0.227. The minimum absolute atomic E-state index is 0.255. The first kappa shape index (κ1) is 26.7. The molecule has 172 valence electrons. The van der Waals surface area contributed by atoms with Crippen molar-refractivity contribution in [1.82, 2.24) is 0 Å². The van der Waals surface area contributed by atoms with Crippen LogP contribution in [0.5, 0.6) is 0 Å². The van der Waals surface area contributed by atoms with Crippen molar-refractivity contribution in [3.63, 3.8) is 0 Å². The second-order valence-corrected chi connectivity index (χ2v) is 8.91. The average Bonchev–Trinajstić information content (AvgIpc) is 2.76. The number of nitrogens with two attached hydrogens (primary N) is 1. The molecule has 1 aromatic rings. The van der Waals surface area contributed by atoms with Crippen LogP contribution in [0.25, 0.3) is 0 Å². The zero-order chi connectivity index (χ0) is 21.9. The molecule has 0 saturated heterocycles. The fourth-order valence-corrected chi connectivity index (χ4v) is 4.00. The number of rotatable bonds is 19. The van der Waals surface area contributed by atoms with Crippen molar-refractivity contribution in [2.45, 2.75) is 116 Å². The van der Waals surface area contributed by atoms with Crippen LogP contribution < -0.4 is 5.73 Å². The summed E-state index contributed by atoms with van der Waals surface area (Å²) in [5, 5.41) is 0. The number of hydrogen-bond acceptors (Lipinski definition) is 3. The summed E-state index contributed by atoms with van der Waals surface area (Å²) in [6.45, 7) is 5.05. The van der Waals surface area contributed by atoms with E-state index in [1.165, 1.54) is 89.9 Å². The smallest absolute Gasteiger partial charge is 0.323 e. The molecule has 0 fully saturated rings. The maximum absolute atomic E-state index is 12.4. The van der Waals surface area contributed by atoms with Crippen LogP contribution in [0, 0.1) is 5.92 Å². The van der Waals surface area contributed by atoms with E-state index >= 15 is 0 Å². The Morgan fingerprint density at radius 1 is 0.800 bits per heavy atom. The van der Waals surface area contributed by atoms with E-state index < -0.39 is 6.04 Å². The summed E-state index contributed by atoms with van der Waals surface area (Å²) < 4.78 is 5.67. The van der Waals surface area contributed by atoms with Crippen molar-refractivity contribution in [2.75, 3.05) is 6.61 Å². The van der Waals surface area contributed by atoms with E-state index in [0.717, 1.165) is 5.56 Å². The third-order valence-corrected chi connectivity index (χ3v) is 5.99. The summed E-state index contributed by atoms with van der Waals surface area (Å²) in [5.41, 5.74) is 7.18. The molecule has 1 rings (SSSR count). The second-order valence-electron chi connectivity index (χ2n) is 8.91. The number of carbonyl (C=O) groups excluding carboxylic acids is 1. The monoisotopic (exact) mass is 417 g/mol. The number of benzene rings is 1. The Hall–Kier alpha value is -1.35. The van der Waals surface area contributed by atoms with Gasteiger partial charge in [-0.25, -0.2) is 0 Å². The zero-order valence-electron chi connectivity index (χ0n) is 19.7. The Bertz CT molecular complexity index is 501. The first-order chi connectivity index (χ1) is 14.7. The predicted octanol–water partition coefficient (Wildman–Crippen LogP) is 7.22. The van der Waals surface area contributed by atoms with Gasteiger partial charge < -0.3 is 10.5 Å². The van der Waals surface area contributed by atoms with Crippen LogP contribution in [0.3, 0.4) is 0 Å². The van der Waals surface area contributed by atoms with Crippen molar-refractivity contribution in [2.24, 2.45) is 11.7 Å². The summed E-state index contributed by atoms with van der Waals surface area (Å²) in [6.07, 6.45) is 18.6. The first-order valence-corrected chi connectivity index (χ1v) is 12.6. The SMILES string of the molecule is CCCCCCCCC(CCCCCCCC)COC(=O)C(N)Cc1ccccc1. The normalized spacial score (nSPS) is 12.3. The maximum Gasteiger partial charge on any atom is 0.323 e. The van der Waals surface area contributed by atoms with E-state index in [1.807, 2.05) is 30.3 Å². The van der Waals surface area contributed by atoms with E-state index in [2.05, 4.69) is 13.8 Å². The zero-order valence-corrected chi connectivity index (χ0v) is 19.7. The topological polar surface area (TPSA) is 52.3 Å². The molecule has 3 nitrogen and oxygen atoms in total. The maximum atomic E-state index is 12.4. The van der Waals surface area contributed by atoms with Gasteiger partial charge in [-0.3, -0.25) is 4.79 Å². The van der Waals surface area contributed by atoms with Crippen molar-refractivity contribution < 1.29 is 9.53 Å². The molecule has 1 aromatic carbocycles. The van der Waals surface area contributed by atoms with Crippen LogP contribution in [0.2, 0.25) is 0 Å². The van der Waals surface area contributed by atoms with Crippen LogP contribution in [0.15, 0.2) is 30.3 Å². The minimum Gasteiger partial charge on any atom is -0.464 e. The largest absolute Gasteiger partial charge is 0.464 e. The standard InChI is InChI=1S/C27H47NO2/c1-3-5-7-9-11-14-20-25(21-15-12-10-8-6-4-2)23-30-27(29)26(28)22-24-18-16-13-17-19-24/h13,16-19,25-26H,3-12,14-15,20-23,28H2,1-2H3. The molecule has 2 N–H and O–H groups in total. The highest BCUT2D eigenvalue weighted by atomic mass is 16.5. The molecule has 30 heavy (non-hydrogen) atoms. The van der Waals surface area contributed by atoms with Crippen molar-refractivity contribution in [1.29, 1.82) is 0 Å². The van der Waals surface area contributed by atoms with Gasteiger partial charge in [-0.2, -0.15) is 0 Å². The summed E-state index contributed by atoms with van der Waals surface area (Å²) in [6, 6.07) is 9.37. The average molecular weight is 418 g/mol. The minimum atomic E-state index is -0.573. The lowest BCUT2D eigenvalue weighted by Gasteiger charge is -2.19. The molecule has 0 amide bonds. The van der Waals surface area contributed by atoms with Gasteiger partial charge >= 0.3 is 5.97 Å². The highest BCUT2D eigenvalue weighted by molar-refractivity contribution is 5.75. The second kappa shape index (κ2) is 18.4. The molecule has 0 aromatic heterocycles. The van der Waals surface area contributed by atoms with Gasteiger partial charge in [-0.05, 0) is 30.7 Å². The van der Waals surface area contributed by atoms with E-state index in [1.54, 1.807) is 0 Å². The number of unbranched alkanes of at least 4 members (excludes halogenated alkanes) is 10. The van der Waals surface area contributed by atoms with Crippen LogP contribution in [0.4, 0.5) is 0 Å². The molecule has 0 aliphatic rings. The lowest BCUT2D eigenvalue weighted by atomic mass is 9.94. The Kier molecular flexibility index (Phi) is 16.4. The number of esters is 1. The third kappa shape index (κ3) is 13.8. The lowest BCUT2D eigenvalue weighted by Crippen LogP contribution is -2.35. The Morgan fingerprint density at radius 2 is 1.30 bits per heavy atom. The Morgan fingerprint density at radius 3 is 1.83 bits per heavy atom. The quantitative estimate of drug-likeness (QED) is 0.191. The Balaban J connectivity index is 2.34. The van der Waals surface area contributed by atoms with Crippen LogP contribution >= 0.6 is 0 Å². The van der Waals surface area contributed by atoms with Crippen LogP contribution in [0.1, 0.15) is 109 Å². The highest BCUT2D eigenvalue weighted by Crippen LogP contribution is 2.20. The first-order valence-electron chi connectivity index (χ1n) is 12.6. The summed E-state index contributed by atoms with van der Waals surface area (Å²) in [7, 11) is 0. The summed E-state index contributed by atoms with van der Waals surface area (Å²) >= 11 is 0. The number of hydrogen-bond donors (Lipinski definition) is 1. The van der Waals surface area contributed by atoms with Gasteiger partial charge in [0.2, 0.25) is 0 Å². The van der Waals surface area contributed by atoms with E-state index in [4.69, 9.17) is 10.5 Å². The molecular formula is C27H47NO2. The van der Waals surface area contributed by atoms with Gasteiger partial charge in [-0.1, -0.05) is 121 Å². The molecular weight excluding hydrogens is 370 g/mol. The van der Waals surface area contributed by atoms with Crippen molar-refractivity contribution >= 4 is 5.97 Å².